The molecule has 1 aromatic carbocycles. The number of nitrogens with one attached hydrogen (secondary N) is 1. The number of methoxy groups -OCH3 is 1. The lowest BCUT2D eigenvalue weighted by Gasteiger charge is -2.28. The van der Waals surface area contributed by atoms with Crippen molar-refractivity contribution < 1.29 is 24.1 Å². The first-order valence-electron chi connectivity index (χ1n) is 6.82. The third kappa shape index (κ3) is 2.89. The van der Waals surface area contributed by atoms with E-state index >= 15 is 0 Å². The number of carboxylic acids is 1. The number of rotatable bonds is 4. The molecule has 0 amide bonds. The fourth-order valence-electron chi connectivity index (χ4n) is 2.28. The minimum Gasteiger partial charge on any atom is -0.497 e. The van der Waals surface area contributed by atoms with E-state index in [-0.39, 0.29) is 13.2 Å². The number of nitrogens with zero attached hydrogens (tertiary/aromatic N) is 1. The average molecular weight is 304 g/mol. The summed E-state index contributed by atoms with van der Waals surface area (Å²) in [6.07, 6.45) is 0. The van der Waals surface area contributed by atoms with Gasteiger partial charge in [0.05, 0.1) is 26.0 Å². The van der Waals surface area contributed by atoms with E-state index < -0.39 is 12.0 Å². The highest BCUT2D eigenvalue weighted by Crippen LogP contribution is 2.23. The van der Waals surface area contributed by atoms with E-state index in [4.69, 9.17) is 19.3 Å². The number of carbonyl (C=O) groups is 1. The maximum Gasteiger partial charge on any atom is 0.332 e. The van der Waals surface area contributed by atoms with Crippen molar-refractivity contribution in [3.05, 3.63) is 35.7 Å². The monoisotopic (exact) mass is 304 g/mol. The Bertz CT molecular complexity index is 636. The summed E-state index contributed by atoms with van der Waals surface area (Å²) in [5.74, 6) is 0.352. The molecule has 116 valence electrons. The summed E-state index contributed by atoms with van der Waals surface area (Å²) in [5, 5.41) is 12.2. The predicted molar refractivity (Wildman–Crippen MR) is 79.3 cm³/mol. The Hall–Kier alpha value is -2.54. The number of hydrogen-bond acceptors (Lipinski definition) is 6. The maximum absolute atomic E-state index is 11.0. The summed E-state index contributed by atoms with van der Waals surface area (Å²) in [7, 11) is 1.61. The lowest BCUT2D eigenvalue weighted by atomic mass is 10.1. The van der Waals surface area contributed by atoms with Gasteiger partial charge in [-0.05, 0) is 24.3 Å². The molecule has 22 heavy (non-hydrogen) atoms. The maximum atomic E-state index is 11.0. The zero-order chi connectivity index (χ0) is 15.5. The van der Waals surface area contributed by atoms with Gasteiger partial charge in [-0.15, -0.1) is 0 Å². The molecular formula is C15H16N2O5. The molecular weight excluding hydrogens is 288 g/mol. The summed E-state index contributed by atoms with van der Waals surface area (Å²) < 4.78 is 16.1. The molecule has 2 aliphatic heterocycles. The van der Waals surface area contributed by atoms with Crippen LogP contribution in [0.15, 0.2) is 40.7 Å². The topological polar surface area (TPSA) is 89.4 Å². The molecule has 1 atom stereocenters. The van der Waals surface area contributed by atoms with Crippen LogP contribution in [0.25, 0.3) is 0 Å². The fourth-order valence-corrected chi connectivity index (χ4v) is 2.28. The Morgan fingerprint density at radius 2 is 2.14 bits per heavy atom. The van der Waals surface area contributed by atoms with Crippen LogP contribution in [0.2, 0.25) is 0 Å². The largest absolute Gasteiger partial charge is 0.497 e. The average Bonchev–Trinajstić information content (AvgIpc) is 2.55. The van der Waals surface area contributed by atoms with E-state index in [0.717, 1.165) is 17.1 Å². The predicted octanol–water partition coefficient (Wildman–Crippen LogP) is 1.27. The zero-order valence-corrected chi connectivity index (χ0v) is 12.0. The quantitative estimate of drug-likeness (QED) is 0.871. The van der Waals surface area contributed by atoms with Crippen molar-refractivity contribution in [1.29, 1.82) is 0 Å². The number of fused-ring (bicyclic) bond motifs is 1. The summed E-state index contributed by atoms with van der Waals surface area (Å²) >= 11 is 0. The molecule has 0 spiro atoms. The van der Waals surface area contributed by atoms with Gasteiger partial charge < -0.3 is 24.6 Å². The van der Waals surface area contributed by atoms with Crippen molar-refractivity contribution in [2.24, 2.45) is 4.99 Å². The van der Waals surface area contributed by atoms with Gasteiger partial charge in [-0.25, -0.2) is 4.79 Å². The highest BCUT2D eigenvalue weighted by molar-refractivity contribution is 6.03. The summed E-state index contributed by atoms with van der Waals surface area (Å²) in [6.45, 7) is 0.646. The number of carboxylic acid groups (broad SMARTS) is 1. The summed E-state index contributed by atoms with van der Waals surface area (Å²) in [5.41, 5.74) is 2.12. The molecule has 0 aromatic heterocycles. The molecule has 1 unspecified atom stereocenters. The third-order valence-electron chi connectivity index (χ3n) is 3.39. The molecule has 3 rings (SSSR count). The number of aliphatic imine (C=N–C) groups is 1. The molecule has 2 heterocycles. The molecule has 2 N–H and O–H groups in total. The van der Waals surface area contributed by atoms with Crippen LogP contribution in [0.3, 0.4) is 0 Å². The number of hydrogen-bond donors (Lipinski definition) is 2. The van der Waals surface area contributed by atoms with Crippen molar-refractivity contribution in [3.8, 4) is 5.75 Å². The highest BCUT2D eigenvalue weighted by Gasteiger charge is 2.30. The standard InChI is InChI=1S/C15H16N2O5/c1-20-10-4-2-9(3-5-10)16-11-6-21-7-12-14(11)22-8-13(17-12)15(18)19/h2-5,13,16H,6-8H2,1H3,(H,18,19). The molecule has 1 aromatic rings. The third-order valence-corrected chi connectivity index (χ3v) is 3.39. The van der Waals surface area contributed by atoms with Gasteiger partial charge in [-0.1, -0.05) is 0 Å². The first kappa shape index (κ1) is 14.4. The van der Waals surface area contributed by atoms with E-state index in [1.165, 1.54) is 0 Å². The van der Waals surface area contributed by atoms with E-state index in [9.17, 15) is 4.79 Å². The molecule has 0 saturated carbocycles. The van der Waals surface area contributed by atoms with E-state index in [0.29, 0.717) is 18.1 Å². The summed E-state index contributed by atoms with van der Waals surface area (Å²) in [4.78, 5) is 15.2. The van der Waals surface area contributed by atoms with Gasteiger partial charge in [0.1, 0.15) is 18.1 Å². The van der Waals surface area contributed by atoms with Crippen LogP contribution in [0.1, 0.15) is 0 Å². The van der Waals surface area contributed by atoms with Crippen LogP contribution < -0.4 is 10.1 Å². The first-order valence-corrected chi connectivity index (χ1v) is 6.82. The van der Waals surface area contributed by atoms with Crippen LogP contribution in [0.4, 0.5) is 5.69 Å². The Labute approximate surface area is 127 Å². The van der Waals surface area contributed by atoms with Gasteiger partial charge >= 0.3 is 5.97 Å². The minimum atomic E-state index is -0.998. The molecule has 0 fully saturated rings. The van der Waals surface area contributed by atoms with Crippen molar-refractivity contribution in [3.63, 3.8) is 0 Å². The number of aliphatic carboxylic acids is 1. The second-order valence-corrected chi connectivity index (χ2v) is 4.89. The van der Waals surface area contributed by atoms with Gasteiger partial charge in [0, 0.05) is 5.69 Å². The van der Waals surface area contributed by atoms with Crippen LogP contribution in [-0.2, 0) is 14.3 Å². The number of anilines is 1. The second-order valence-electron chi connectivity index (χ2n) is 4.89. The van der Waals surface area contributed by atoms with Gasteiger partial charge in [-0.3, -0.25) is 4.99 Å². The van der Waals surface area contributed by atoms with Crippen molar-refractivity contribution >= 4 is 17.4 Å². The Morgan fingerprint density at radius 1 is 1.36 bits per heavy atom. The Morgan fingerprint density at radius 3 is 2.82 bits per heavy atom. The molecule has 0 radical (unpaired) electrons. The van der Waals surface area contributed by atoms with Crippen molar-refractivity contribution in [2.75, 3.05) is 32.2 Å². The Balaban J connectivity index is 1.83. The second kappa shape index (κ2) is 6.07. The lowest BCUT2D eigenvalue weighted by molar-refractivity contribution is -0.139. The molecule has 0 saturated heterocycles. The van der Waals surface area contributed by atoms with Crippen molar-refractivity contribution in [2.45, 2.75) is 6.04 Å². The van der Waals surface area contributed by atoms with Crippen molar-refractivity contribution in [1.82, 2.24) is 0 Å². The van der Waals surface area contributed by atoms with Crippen LogP contribution in [-0.4, -0.2) is 49.8 Å². The van der Waals surface area contributed by atoms with Gasteiger partial charge in [0.25, 0.3) is 0 Å². The first-order chi connectivity index (χ1) is 10.7. The van der Waals surface area contributed by atoms with Gasteiger partial charge in [0.15, 0.2) is 11.8 Å². The fraction of sp³-hybridized carbons (Fsp3) is 0.333. The molecule has 7 nitrogen and oxygen atoms in total. The lowest BCUT2D eigenvalue weighted by Crippen LogP contribution is -2.36. The van der Waals surface area contributed by atoms with Crippen LogP contribution >= 0.6 is 0 Å². The molecule has 7 heteroatoms. The zero-order valence-electron chi connectivity index (χ0n) is 12.0. The van der Waals surface area contributed by atoms with E-state index in [1.807, 2.05) is 24.3 Å². The SMILES string of the molecule is COc1ccc(NC2=C3OCC(C(=O)O)N=C3COC2)cc1. The van der Waals surface area contributed by atoms with Gasteiger partial charge in [0.2, 0.25) is 0 Å². The molecule has 0 bridgehead atoms. The summed E-state index contributed by atoms with van der Waals surface area (Å²) in [6, 6.07) is 6.56. The molecule has 0 aliphatic carbocycles. The normalized spacial score (nSPS) is 20.6. The number of benzene rings is 1. The van der Waals surface area contributed by atoms with E-state index in [2.05, 4.69) is 10.3 Å². The van der Waals surface area contributed by atoms with Crippen LogP contribution in [0.5, 0.6) is 5.75 Å². The Kier molecular flexibility index (Phi) is 3.97. The van der Waals surface area contributed by atoms with Gasteiger partial charge in [-0.2, -0.15) is 0 Å². The smallest absolute Gasteiger partial charge is 0.332 e. The van der Waals surface area contributed by atoms with E-state index in [1.54, 1.807) is 7.11 Å². The highest BCUT2D eigenvalue weighted by atomic mass is 16.5. The van der Waals surface area contributed by atoms with Crippen LogP contribution in [0, 0.1) is 0 Å². The number of ether oxygens (including phenoxy) is 3. The molecule has 2 aliphatic rings. The minimum absolute atomic E-state index is 0.0297.